The molecule has 0 amide bonds. The van der Waals surface area contributed by atoms with Crippen LogP contribution in [0.3, 0.4) is 0 Å². The molecule has 0 aliphatic carbocycles. The zero-order valence-corrected chi connectivity index (χ0v) is 16.4. The average Bonchev–Trinajstić information content (AvgIpc) is 3.14. The maximum Gasteiger partial charge on any atom is 0.202 e. The average molecular weight is 425 g/mol. The smallest absolute Gasteiger partial charge is 0.202 e. The standard InChI is InChI=1S/C19H10Cl2N6S/c20-15-7-6-14(9-16(15)21)27-18(12-3-2-8-23-11-12)25-26-19(27)28-17-5-1-4-13(10-22)24-17/h1-9,11H. The molecular formula is C19H10Cl2N6S. The Hall–Kier alpha value is -2.92. The molecular weight excluding hydrogens is 415 g/mol. The maximum absolute atomic E-state index is 9.08. The van der Waals surface area contributed by atoms with Crippen LogP contribution in [0.2, 0.25) is 10.0 Å². The quantitative estimate of drug-likeness (QED) is 0.455. The van der Waals surface area contributed by atoms with E-state index in [4.69, 9.17) is 28.5 Å². The third-order valence-electron chi connectivity index (χ3n) is 3.75. The van der Waals surface area contributed by atoms with Crippen LogP contribution in [-0.2, 0) is 0 Å². The van der Waals surface area contributed by atoms with Crippen LogP contribution < -0.4 is 0 Å². The molecule has 0 unspecified atom stereocenters. The van der Waals surface area contributed by atoms with Crippen molar-refractivity contribution in [3.8, 4) is 23.1 Å². The highest BCUT2D eigenvalue weighted by Crippen LogP contribution is 2.33. The summed E-state index contributed by atoms with van der Waals surface area (Å²) in [4.78, 5) is 8.46. The summed E-state index contributed by atoms with van der Waals surface area (Å²) in [6.07, 6.45) is 3.40. The maximum atomic E-state index is 9.08. The van der Waals surface area contributed by atoms with Gasteiger partial charge >= 0.3 is 0 Å². The first-order valence-corrected chi connectivity index (χ1v) is 9.59. The Morgan fingerprint density at radius 3 is 2.64 bits per heavy atom. The summed E-state index contributed by atoms with van der Waals surface area (Å²) in [6.45, 7) is 0. The SMILES string of the molecule is N#Cc1cccc(Sc2nnc(-c3cccnc3)n2-c2ccc(Cl)c(Cl)c2)n1. The Morgan fingerprint density at radius 2 is 1.89 bits per heavy atom. The number of halogens is 2. The zero-order chi connectivity index (χ0) is 19.5. The molecule has 4 aromatic rings. The molecule has 0 radical (unpaired) electrons. The van der Waals surface area contributed by atoms with Crippen LogP contribution in [0.4, 0.5) is 0 Å². The van der Waals surface area contributed by atoms with Crippen molar-refractivity contribution in [1.29, 1.82) is 5.26 Å². The molecule has 6 nitrogen and oxygen atoms in total. The molecule has 0 bridgehead atoms. The van der Waals surface area contributed by atoms with E-state index in [1.54, 1.807) is 36.7 Å². The molecule has 9 heteroatoms. The Morgan fingerprint density at radius 1 is 1.00 bits per heavy atom. The van der Waals surface area contributed by atoms with Crippen molar-refractivity contribution in [2.45, 2.75) is 10.2 Å². The lowest BCUT2D eigenvalue weighted by molar-refractivity contribution is 0.882. The van der Waals surface area contributed by atoms with Gasteiger partial charge in [0.1, 0.15) is 16.8 Å². The van der Waals surface area contributed by atoms with E-state index in [0.717, 1.165) is 11.3 Å². The largest absolute Gasteiger partial charge is 0.270 e. The molecule has 0 aliphatic heterocycles. The summed E-state index contributed by atoms with van der Waals surface area (Å²) in [7, 11) is 0. The molecule has 0 N–H and O–H groups in total. The van der Waals surface area contributed by atoms with Crippen LogP contribution in [0.1, 0.15) is 5.69 Å². The van der Waals surface area contributed by atoms with Crippen molar-refractivity contribution >= 4 is 35.0 Å². The highest BCUT2D eigenvalue weighted by molar-refractivity contribution is 7.99. The van der Waals surface area contributed by atoms with Crippen LogP contribution in [0.25, 0.3) is 17.1 Å². The molecule has 0 aliphatic rings. The minimum Gasteiger partial charge on any atom is -0.270 e. The number of hydrogen-bond donors (Lipinski definition) is 0. The van der Waals surface area contributed by atoms with Crippen molar-refractivity contribution in [2.24, 2.45) is 0 Å². The predicted molar refractivity (Wildman–Crippen MR) is 108 cm³/mol. The molecule has 0 spiro atoms. The molecule has 0 atom stereocenters. The van der Waals surface area contributed by atoms with Gasteiger partial charge in [-0.15, -0.1) is 10.2 Å². The minimum absolute atomic E-state index is 0.332. The monoisotopic (exact) mass is 424 g/mol. The van der Waals surface area contributed by atoms with Gasteiger partial charge in [-0.3, -0.25) is 9.55 Å². The minimum atomic E-state index is 0.332. The second-order valence-electron chi connectivity index (χ2n) is 5.56. The molecule has 0 saturated heterocycles. The third kappa shape index (κ3) is 3.71. The lowest BCUT2D eigenvalue weighted by Crippen LogP contribution is -2.00. The van der Waals surface area contributed by atoms with E-state index in [-0.39, 0.29) is 0 Å². The Kier molecular flexibility index (Phi) is 5.26. The Bertz CT molecular complexity index is 1190. The summed E-state index contributed by atoms with van der Waals surface area (Å²) in [5, 5.41) is 19.8. The first kappa shape index (κ1) is 18.4. The molecule has 0 saturated carbocycles. The number of rotatable bonds is 4. The van der Waals surface area contributed by atoms with Gasteiger partial charge in [0.25, 0.3) is 0 Å². The van der Waals surface area contributed by atoms with Crippen LogP contribution in [0.15, 0.2) is 71.1 Å². The predicted octanol–water partition coefficient (Wildman–Crippen LogP) is 5.05. The number of nitrogens with zero attached hydrogens (tertiary/aromatic N) is 6. The molecule has 3 aromatic heterocycles. The summed E-state index contributed by atoms with van der Waals surface area (Å²) in [5.41, 5.74) is 1.88. The van der Waals surface area contributed by atoms with Crippen LogP contribution in [0, 0.1) is 11.3 Å². The Labute approximate surface area is 174 Å². The van der Waals surface area contributed by atoms with Gasteiger partial charge in [-0.1, -0.05) is 29.3 Å². The lowest BCUT2D eigenvalue weighted by atomic mass is 10.2. The van der Waals surface area contributed by atoms with E-state index in [1.165, 1.54) is 11.8 Å². The fraction of sp³-hybridized carbons (Fsp3) is 0. The molecule has 4 rings (SSSR count). The summed E-state index contributed by atoms with van der Waals surface area (Å²) in [6, 6.07) is 16.3. The summed E-state index contributed by atoms with van der Waals surface area (Å²) >= 11 is 13.6. The van der Waals surface area contributed by atoms with Crippen molar-refractivity contribution in [3.05, 3.63) is 76.7 Å². The third-order valence-corrected chi connectivity index (χ3v) is 5.37. The number of nitriles is 1. The van der Waals surface area contributed by atoms with E-state index in [1.807, 2.05) is 34.9 Å². The van der Waals surface area contributed by atoms with Gasteiger partial charge in [-0.25, -0.2) is 4.98 Å². The fourth-order valence-corrected chi connectivity index (χ4v) is 3.64. The highest BCUT2D eigenvalue weighted by Gasteiger charge is 2.18. The van der Waals surface area contributed by atoms with Gasteiger partial charge in [0, 0.05) is 18.0 Å². The first-order chi connectivity index (χ1) is 13.7. The summed E-state index contributed by atoms with van der Waals surface area (Å²) in [5.74, 6) is 0.602. The van der Waals surface area contributed by atoms with Gasteiger partial charge in [-0.2, -0.15) is 5.26 Å². The first-order valence-electron chi connectivity index (χ1n) is 8.02. The number of hydrogen-bond acceptors (Lipinski definition) is 6. The van der Waals surface area contributed by atoms with Gasteiger partial charge in [0.2, 0.25) is 5.16 Å². The number of benzene rings is 1. The number of pyridine rings is 2. The molecule has 3 heterocycles. The van der Waals surface area contributed by atoms with E-state index in [0.29, 0.717) is 31.7 Å². The van der Waals surface area contributed by atoms with E-state index < -0.39 is 0 Å². The van der Waals surface area contributed by atoms with Crippen LogP contribution in [-0.4, -0.2) is 24.7 Å². The second-order valence-corrected chi connectivity index (χ2v) is 7.36. The highest BCUT2D eigenvalue weighted by atomic mass is 35.5. The van der Waals surface area contributed by atoms with Gasteiger partial charge < -0.3 is 0 Å². The fourth-order valence-electron chi connectivity index (χ4n) is 2.50. The van der Waals surface area contributed by atoms with Crippen LogP contribution >= 0.6 is 35.0 Å². The van der Waals surface area contributed by atoms with Crippen LogP contribution in [0.5, 0.6) is 0 Å². The normalized spacial score (nSPS) is 10.6. The lowest BCUT2D eigenvalue weighted by Gasteiger charge is -2.11. The van der Waals surface area contributed by atoms with Gasteiger partial charge in [-0.05, 0) is 54.2 Å². The summed E-state index contributed by atoms with van der Waals surface area (Å²) < 4.78 is 1.85. The van der Waals surface area contributed by atoms with Crippen molar-refractivity contribution in [2.75, 3.05) is 0 Å². The van der Waals surface area contributed by atoms with Crippen molar-refractivity contribution in [3.63, 3.8) is 0 Å². The van der Waals surface area contributed by atoms with E-state index in [2.05, 4.69) is 20.2 Å². The molecule has 136 valence electrons. The van der Waals surface area contributed by atoms with Gasteiger partial charge in [0.15, 0.2) is 5.82 Å². The second kappa shape index (κ2) is 7.98. The topological polar surface area (TPSA) is 80.3 Å². The number of aromatic nitrogens is 5. The van der Waals surface area contributed by atoms with E-state index >= 15 is 0 Å². The molecule has 28 heavy (non-hydrogen) atoms. The molecule has 0 fully saturated rings. The van der Waals surface area contributed by atoms with Crippen molar-refractivity contribution < 1.29 is 0 Å². The van der Waals surface area contributed by atoms with E-state index in [9.17, 15) is 0 Å². The zero-order valence-electron chi connectivity index (χ0n) is 14.1. The molecule has 1 aromatic carbocycles. The Balaban J connectivity index is 1.85. The van der Waals surface area contributed by atoms with Gasteiger partial charge in [0.05, 0.1) is 15.7 Å². The van der Waals surface area contributed by atoms with Crippen molar-refractivity contribution in [1.82, 2.24) is 24.7 Å².